The van der Waals surface area contributed by atoms with Crippen molar-refractivity contribution in [3.8, 4) is 0 Å². The van der Waals surface area contributed by atoms with Crippen LogP contribution in [0.2, 0.25) is 5.02 Å². The van der Waals surface area contributed by atoms with Gasteiger partial charge in [0.2, 0.25) is 0 Å². The van der Waals surface area contributed by atoms with Gasteiger partial charge in [-0.1, -0.05) is 29.8 Å². The first-order valence-corrected chi connectivity index (χ1v) is 9.41. The Morgan fingerprint density at radius 2 is 2.05 bits per heavy atom. The van der Waals surface area contributed by atoms with Gasteiger partial charge in [-0.15, -0.1) is 0 Å². The summed E-state index contributed by atoms with van der Waals surface area (Å²) in [6.45, 7) is 4.14. The Bertz CT molecular complexity index is 648. The molecule has 1 N–H and O–H groups in total. The van der Waals surface area contributed by atoms with Crippen molar-refractivity contribution in [2.24, 2.45) is 0 Å². The molecule has 2 amide bonds. The number of amides is 2. The summed E-state index contributed by atoms with van der Waals surface area (Å²) >= 11 is 6.07. The van der Waals surface area contributed by atoms with E-state index in [1.807, 2.05) is 24.3 Å². The van der Waals surface area contributed by atoms with Crippen LogP contribution in [0.1, 0.15) is 19.4 Å². The first kappa shape index (κ1) is 17.1. The molecule has 0 radical (unpaired) electrons. The normalized spacial score (nSPS) is 24.0. The largest absolute Gasteiger partial charge is 0.338 e. The average Bonchev–Trinajstić information content (AvgIpc) is 2.47. The molecule has 0 aromatic heterocycles. The summed E-state index contributed by atoms with van der Waals surface area (Å²) in [4.78, 5) is 13.8. The van der Waals surface area contributed by atoms with Crippen molar-refractivity contribution in [1.82, 2.24) is 10.2 Å². The number of carbonyl (C=O) groups is 1. The molecule has 1 heterocycles. The highest BCUT2D eigenvalue weighted by Crippen LogP contribution is 2.19. The summed E-state index contributed by atoms with van der Waals surface area (Å²) in [5.41, 5.74) is 0.979. The zero-order chi connectivity index (χ0) is 16.3. The quantitative estimate of drug-likeness (QED) is 0.913. The molecule has 1 aliphatic rings. The summed E-state index contributed by atoms with van der Waals surface area (Å²) in [6.07, 6.45) is 0.640. The van der Waals surface area contributed by atoms with E-state index in [2.05, 4.69) is 5.32 Å². The Morgan fingerprint density at radius 1 is 1.36 bits per heavy atom. The van der Waals surface area contributed by atoms with Crippen LogP contribution in [-0.4, -0.2) is 49.5 Å². The molecule has 22 heavy (non-hydrogen) atoms. The smallest absolute Gasteiger partial charge is 0.317 e. The molecule has 5 nitrogen and oxygen atoms in total. The molecule has 0 unspecified atom stereocenters. The number of rotatable bonds is 3. The second-order valence-electron chi connectivity index (χ2n) is 5.58. The molecule has 1 fully saturated rings. The van der Waals surface area contributed by atoms with E-state index in [0.29, 0.717) is 18.0 Å². The van der Waals surface area contributed by atoms with Crippen LogP contribution in [0.25, 0.3) is 0 Å². The Labute approximate surface area is 136 Å². The van der Waals surface area contributed by atoms with Crippen LogP contribution in [0.4, 0.5) is 4.79 Å². The fraction of sp³-hybridized carbons (Fsp3) is 0.533. The van der Waals surface area contributed by atoms with Gasteiger partial charge in [0, 0.05) is 24.2 Å². The molecule has 2 rings (SSSR count). The van der Waals surface area contributed by atoms with Gasteiger partial charge in [-0.3, -0.25) is 0 Å². The first-order chi connectivity index (χ1) is 10.3. The molecule has 0 bridgehead atoms. The van der Waals surface area contributed by atoms with Crippen molar-refractivity contribution in [2.45, 2.75) is 31.6 Å². The van der Waals surface area contributed by atoms with Crippen molar-refractivity contribution in [2.75, 3.05) is 18.8 Å². The van der Waals surface area contributed by atoms with Crippen LogP contribution in [0.15, 0.2) is 24.3 Å². The number of hydrogen-bond acceptors (Lipinski definition) is 3. The highest BCUT2D eigenvalue weighted by molar-refractivity contribution is 7.92. The lowest BCUT2D eigenvalue weighted by molar-refractivity contribution is 0.178. The maximum absolute atomic E-state index is 12.2. The predicted octanol–water partition coefficient (Wildman–Crippen LogP) is 2.10. The Hall–Kier alpha value is -1.27. The van der Waals surface area contributed by atoms with E-state index in [0.717, 1.165) is 5.56 Å². The van der Waals surface area contributed by atoms with Crippen LogP contribution in [-0.2, 0) is 16.3 Å². The monoisotopic (exact) mass is 344 g/mol. The number of hydrogen-bond donors (Lipinski definition) is 1. The maximum Gasteiger partial charge on any atom is 0.317 e. The molecule has 2 atom stereocenters. The van der Waals surface area contributed by atoms with Crippen LogP contribution in [0.3, 0.4) is 0 Å². The van der Waals surface area contributed by atoms with E-state index in [4.69, 9.17) is 11.6 Å². The lowest BCUT2D eigenvalue weighted by Gasteiger charge is -2.37. The number of nitrogens with one attached hydrogen (secondary N) is 1. The second kappa shape index (κ2) is 6.87. The Balaban J connectivity index is 1.89. The third kappa shape index (κ3) is 3.73. The van der Waals surface area contributed by atoms with Crippen molar-refractivity contribution in [3.05, 3.63) is 34.9 Å². The van der Waals surface area contributed by atoms with Crippen molar-refractivity contribution in [1.29, 1.82) is 0 Å². The van der Waals surface area contributed by atoms with E-state index >= 15 is 0 Å². The second-order valence-corrected chi connectivity index (χ2v) is 8.46. The van der Waals surface area contributed by atoms with E-state index in [1.54, 1.807) is 18.7 Å². The SMILES string of the molecule is C[C@@H]1[C@H](C)S(=O)(=O)CCN1C(=O)NCCc1ccccc1Cl. The van der Waals surface area contributed by atoms with Crippen molar-refractivity contribution in [3.63, 3.8) is 0 Å². The van der Waals surface area contributed by atoms with Gasteiger partial charge in [-0.25, -0.2) is 13.2 Å². The minimum absolute atomic E-state index is 0.0242. The van der Waals surface area contributed by atoms with Gasteiger partial charge in [0.25, 0.3) is 0 Å². The van der Waals surface area contributed by atoms with Gasteiger partial charge in [-0.2, -0.15) is 0 Å². The Morgan fingerprint density at radius 3 is 2.73 bits per heavy atom. The van der Waals surface area contributed by atoms with Crippen molar-refractivity contribution >= 4 is 27.5 Å². The lowest BCUT2D eigenvalue weighted by atomic mass is 10.1. The van der Waals surface area contributed by atoms with Gasteiger partial charge >= 0.3 is 6.03 Å². The number of benzene rings is 1. The fourth-order valence-corrected chi connectivity index (χ4v) is 4.36. The summed E-state index contributed by atoms with van der Waals surface area (Å²) in [6, 6.07) is 6.97. The Kier molecular flexibility index (Phi) is 5.34. The minimum atomic E-state index is -3.09. The third-order valence-corrected chi connectivity index (χ3v) is 6.89. The van der Waals surface area contributed by atoms with Gasteiger partial charge < -0.3 is 10.2 Å². The van der Waals surface area contributed by atoms with Gasteiger partial charge in [0.15, 0.2) is 9.84 Å². The molecular weight excluding hydrogens is 324 g/mol. The molecule has 0 aliphatic carbocycles. The standard InChI is InChI=1S/C15H21ClN2O3S/c1-11-12(2)22(20,21)10-9-18(11)15(19)17-8-7-13-5-3-4-6-14(13)16/h3-6,11-12H,7-10H2,1-2H3,(H,17,19)/t11-,12+/m1/s1. The van der Waals surface area contributed by atoms with Crippen LogP contribution in [0, 0.1) is 0 Å². The number of sulfone groups is 1. The number of nitrogens with zero attached hydrogens (tertiary/aromatic N) is 1. The van der Waals surface area contributed by atoms with Gasteiger partial charge in [0.1, 0.15) is 0 Å². The predicted molar refractivity (Wildman–Crippen MR) is 88.0 cm³/mol. The van der Waals surface area contributed by atoms with Gasteiger partial charge in [-0.05, 0) is 31.9 Å². The summed E-state index contributed by atoms with van der Waals surface area (Å²) < 4.78 is 23.6. The highest BCUT2D eigenvalue weighted by Gasteiger charge is 2.37. The minimum Gasteiger partial charge on any atom is -0.338 e. The zero-order valence-electron chi connectivity index (χ0n) is 12.8. The van der Waals surface area contributed by atoms with Gasteiger partial charge in [0.05, 0.1) is 11.0 Å². The summed E-state index contributed by atoms with van der Waals surface area (Å²) in [5.74, 6) is 0.0242. The van der Waals surface area contributed by atoms with E-state index < -0.39 is 15.1 Å². The first-order valence-electron chi connectivity index (χ1n) is 7.32. The maximum atomic E-state index is 12.2. The highest BCUT2D eigenvalue weighted by atomic mass is 35.5. The molecule has 7 heteroatoms. The molecule has 122 valence electrons. The fourth-order valence-electron chi connectivity index (χ4n) is 2.56. The van der Waals surface area contributed by atoms with Crippen LogP contribution >= 0.6 is 11.6 Å². The van der Waals surface area contributed by atoms with E-state index in [1.165, 1.54) is 0 Å². The van der Waals surface area contributed by atoms with Crippen molar-refractivity contribution < 1.29 is 13.2 Å². The van der Waals surface area contributed by atoms with Crippen LogP contribution < -0.4 is 5.32 Å². The molecule has 0 saturated carbocycles. The summed E-state index contributed by atoms with van der Waals surface area (Å²) in [7, 11) is -3.09. The topological polar surface area (TPSA) is 66.5 Å². The average molecular weight is 345 g/mol. The molecule has 0 spiro atoms. The zero-order valence-corrected chi connectivity index (χ0v) is 14.3. The molecule has 1 aromatic rings. The molecule has 1 saturated heterocycles. The number of halogens is 1. The molecular formula is C15H21ClN2O3S. The third-order valence-electron chi connectivity index (χ3n) is 4.24. The number of urea groups is 1. The molecule has 1 aromatic carbocycles. The lowest BCUT2D eigenvalue weighted by Crippen LogP contribution is -2.57. The summed E-state index contributed by atoms with van der Waals surface area (Å²) in [5, 5.41) is 2.99. The van der Waals surface area contributed by atoms with Crippen LogP contribution in [0.5, 0.6) is 0 Å². The number of carbonyl (C=O) groups excluding carboxylic acids is 1. The van der Waals surface area contributed by atoms with E-state index in [9.17, 15) is 13.2 Å². The van der Waals surface area contributed by atoms with E-state index in [-0.39, 0.29) is 24.4 Å². The molecule has 1 aliphatic heterocycles.